The first-order valence-electron chi connectivity index (χ1n) is 23.0. The number of hydrogen-bond donors (Lipinski definition) is 5. The Hall–Kier alpha value is -7.90. The molecule has 2 unspecified atom stereocenters. The highest BCUT2D eigenvalue weighted by Crippen LogP contribution is 2.34. The van der Waals surface area contributed by atoms with E-state index in [4.69, 9.17) is 35.3 Å². The number of carbonyl (C=O) groups excluding carboxylic acids is 3. The Morgan fingerprint density at radius 1 is 0.648 bits per heavy atom. The average molecular weight is 984 g/mol. The highest BCUT2D eigenvalue weighted by Gasteiger charge is 2.27. The maximum absolute atomic E-state index is 12.6. The number of anilines is 4. The quantitative estimate of drug-likeness (QED) is 0.0698. The number of halogens is 1. The lowest BCUT2D eigenvalue weighted by molar-refractivity contribution is -0.0458. The van der Waals surface area contributed by atoms with Crippen LogP contribution in [0, 0.1) is 0 Å². The summed E-state index contributed by atoms with van der Waals surface area (Å²) in [6, 6.07) is 39.7. The molecule has 7 aromatic rings. The molecule has 0 bridgehead atoms. The van der Waals surface area contributed by atoms with E-state index >= 15 is 0 Å². The number of aryl methyl sites for hydroxylation is 2. The number of carbonyl (C=O) groups is 3. The average Bonchev–Trinajstić information content (AvgIpc) is 4.03. The van der Waals surface area contributed by atoms with Crippen molar-refractivity contribution in [2.75, 3.05) is 73.9 Å². The van der Waals surface area contributed by atoms with Crippen LogP contribution in [-0.4, -0.2) is 107 Å². The van der Waals surface area contributed by atoms with E-state index in [0.29, 0.717) is 66.5 Å². The third-order valence-electron chi connectivity index (χ3n) is 11.3. The summed E-state index contributed by atoms with van der Waals surface area (Å²) in [5.41, 5.74) is 6.77. The summed E-state index contributed by atoms with van der Waals surface area (Å²) in [5, 5.41) is 23.7. The molecular formula is C52H55ClN10O8. The van der Waals surface area contributed by atoms with E-state index in [1.54, 1.807) is 63.1 Å². The first-order valence-corrected chi connectivity index (χ1v) is 23.4. The lowest BCUT2D eigenvalue weighted by atomic mass is 10.1. The van der Waals surface area contributed by atoms with Gasteiger partial charge in [0, 0.05) is 85.0 Å². The Balaban J connectivity index is 0.000000200. The van der Waals surface area contributed by atoms with Crippen molar-refractivity contribution >= 4 is 52.5 Å². The summed E-state index contributed by atoms with van der Waals surface area (Å²) in [6.07, 6.45) is 2.71. The molecule has 2 aliphatic heterocycles. The first-order chi connectivity index (χ1) is 34.6. The van der Waals surface area contributed by atoms with Crippen molar-refractivity contribution < 1.29 is 38.1 Å². The van der Waals surface area contributed by atoms with Gasteiger partial charge in [-0.25, -0.2) is 14.4 Å². The van der Waals surface area contributed by atoms with Crippen LogP contribution >= 0.6 is 11.6 Å². The molecule has 19 heteroatoms. The van der Waals surface area contributed by atoms with E-state index in [1.165, 1.54) is 0 Å². The number of amides is 5. The van der Waals surface area contributed by atoms with Crippen LogP contribution in [0.4, 0.5) is 37.1 Å². The molecule has 2 aliphatic rings. The SMILES string of the molecule is Cn1nccc1-c1cc(NC(=O)Nc2ccc(Cl)cc2)ccc1OCC1CN(C(=O)OCc2ccccc2)CCO1.Cn1nccc1-c1cc(NC(=O)Nc2ccccc2)ccc1OCC1CNCCO1. The van der Waals surface area contributed by atoms with Gasteiger partial charge >= 0.3 is 18.2 Å². The fourth-order valence-corrected chi connectivity index (χ4v) is 7.80. The Morgan fingerprint density at radius 3 is 1.72 bits per heavy atom. The monoisotopic (exact) mass is 982 g/mol. The smallest absolute Gasteiger partial charge is 0.410 e. The molecule has 71 heavy (non-hydrogen) atoms. The standard InChI is InChI=1S/C30H30ClN5O5.C22H25N5O3/c1-35-27(13-14-32-35)26-17-24(34-29(37)33-23-9-7-22(31)8-10-23)11-12-28(26)40-20-25-18-36(15-16-39-25)30(38)41-19-21-5-3-2-4-6-21;1-27-20(9-10-24-27)19-13-17(26-22(28)25-16-5-3-2-4-6-16)7-8-21(19)30-15-18-14-23-11-12-29-18/h2-14,17,25H,15-16,18-20H2,1H3,(H2,33,34,37);2-10,13,18,23H,11-12,14-15H2,1H3,(H2,25,26,28). The minimum Gasteiger partial charge on any atom is -0.490 e. The zero-order chi connectivity index (χ0) is 49.4. The maximum Gasteiger partial charge on any atom is 0.410 e. The van der Waals surface area contributed by atoms with E-state index < -0.39 is 6.03 Å². The molecule has 2 aromatic heterocycles. The number of aromatic nitrogens is 4. The topological polar surface area (TPSA) is 196 Å². The third-order valence-corrected chi connectivity index (χ3v) is 11.5. The molecule has 5 N–H and O–H groups in total. The molecule has 0 radical (unpaired) electrons. The fraction of sp³-hybridized carbons (Fsp3) is 0.250. The van der Waals surface area contributed by atoms with Crippen LogP contribution in [0.15, 0.2) is 146 Å². The second kappa shape index (κ2) is 24.6. The molecule has 2 atom stereocenters. The Kier molecular flexibility index (Phi) is 17.1. The van der Waals surface area contributed by atoms with Gasteiger partial charge in [0.05, 0.1) is 31.1 Å². The molecule has 9 rings (SSSR count). The van der Waals surface area contributed by atoms with E-state index in [2.05, 4.69) is 36.8 Å². The number of nitrogens with one attached hydrogen (secondary N) is 5. The molecule has 5 aromatic carbocycles. The number of para-hydroxylation sites is 1. The lowest BCUT2D eigenvalue weighted by Crippen LogP contribution is -2.47. The van der Waals surface area contributed by atoms with Gasteiger partial charge in [0.1, 0.15) is 43.5 Å². The minimum absolute atomic E-state index is 0.00703. The van der Waals surface area contributed by atoms with Crippen molar-refractivity contribution in [3.05, 3.63) is 156 Å². The maximum atomic E-state index is 12.6. The summed E-state index contributed by atoms with van der Waals surface area (Å²) in [6.45, 7) is 4.36. The number of hydrogen-bond acceptors (Lipinski definition) is 11. The molecule has 0 saturated carbocycles. The third kappa shape index (κ3) is 14.3. The van der Waals surface area contributed by atoms with Gasteiger partial charge in [0.25, 0.3) is 0 Å². The summed E-state index contributed by atoms with van der Waals surface area (Å²) >= 11 is 5.92. The van der Waals surface area contributed by atoms with Crippen molar-refractivity contribution in [2.24, 2.45) is 14.1 Å². The molecule has 0 spiro atoms. The predicted octanol–water partition coefficient (Wildman–Crippen LogP) is 8.90. The second-order valence-corrected chi connectivity index (χ2v) is 16.9. The van der Waals surface area contributed by atoms with E-state index in [9.17, 15) is 14.4 Å². The van der Waals surface area contributed by atoms with Crippen LogP contribution in [0.3, 0.4) is 0 Å². The van der Waals surface area contributed by atoms with Gasteiger partial charge in [-0.15, -0.1) is 0 Å². The molecule has 368 valence electrons. The first kappa shape index (κ1) is 49.5. The lowest BCUT2D eigenvalue weighted by Gasteiger charge is -2.32. The summed E-state index contributed by atoms with van der Waals surface area (Å²) < 4.78 is 32.8. The molecule has 2 fully saturated rings. The summed E-state index contributed by atoms with van der Waals surface area (Å²) in [5.74, 6) is 1.30. The zero-order valence-corrected chi connectivity index (χ0v) is 40.0. The molecule has 2 saturated heterocycles. The number of benzene rings is 5. The van der Waals surface area contributed by atoms with Crippen molar-refractivity contribution in [2.45, 2.75) is 18.8 Å². The number of morpholine rings is 2. The van der Waals surface area contributed by atoms with Crippen molar-refractivity contribution in [3.63, 3.8) is 0 Å². The van der Waals surface area contributed by atoms with E-state index in [0.717, 1.165) is 46.9 Å². The van der Waals surface area contributed by atoms with Gasteiger partial charge in [0.2, 0.25) is 0 Å². The number of rotatable bonds is 14. The Labute approximate surface area is 416 Å². The fourth-order valence-electron chi connectivity index (χ4n) is 7.67. The van der Waals surface area contributed by atoms with Gasteiger partial charge in [-0.3, -0.25) is 9.36 Å². The van der Waals surface area contributed by atoms with E-state index in [-0.39, 0.29) is 37.5 Å². The summed E-state index contributed by atoms with van der Waals surface area (Å²) in [7, 11) is 3.70. The molecule has 18 nitrogen and oxygen atoms in total. The molecule has 4 heterocycles. The van der Waals surface area contributed by atoms with Crippen LogP contribution in [0.5, 0.6) is 11.5 Å². The number of nitrogens with zero attached hydrogens (tertiary/aromatic N) is 5. The number of ether oxygens (including phenoxy) is 5. The second-order valence-electron chi connectivity index (χ2n) is 16.4. The predicted molar refractivity (Wildman–Crippen MR) is 272 cm³/mol. The van der Waals surface area contributed by atoms with Gasteiger partial charge < -0.3 is 55.2 Å². The van der Waals surface area contributed by atoms with Crippen LogP contribution in [0.1, 0.15) is 5.56 Å². The van der Waals surface area contributed by atoms with Crippen molar-refractivity contribution in [1.29, 1.82) is 0 Å². The largest absolute Gasteiger partial charge is 0.490 e. The van der Waals surface area contributed by atoms with Crippen molar-refractivity contribution in [3.8, 4) is 34.0 Å². The molecule has 0 aliphatic carbocycles. The highest BCUT2D eigenvalue weighted by molar-refractivity contribution is 6.30. The summed E-state index contributed by atoms with van der Waals surface area (Å²) in [4.78, 5) is 39.2. The normalized spacial score (nSPS) is 15.3. The van der Waals surface area contributed by atoms with Gasteiger partial charge in [-0.2, -0.15) is 10.2 Å². The minimum atomic E-state index is -0.396. The zero-order valence-electron chi connectivity index (χ0n) is 39.3. The van der Waals surface area contributed by atoms with E-state index in [1.807, 2.05) is 111 Å². The Bertz CT molecular complexity index is 2840. The highest BCUT2D eigenvalue weighted by atomic mass is 35.5. The van der Waals surface area contributed by atoms with Crippen LogP contribution < -0.4 is 36.1 Å². The van der Waals surface area contributed by atoms with Crippen LogP contribution in [0.25, 0.3) is 22.5 Å². The van der Waals surface area contributed by atoms with Crippen LogP contribution in [0.2, 0.25) is 5.02 Å². The molecular weight excluding hydrogens is 928 g/mol. The van der Waals surface area contributed by atoms with Crippen LogP contribution in [-0.2, 0) is 34.9 Å². The Morgan fingerprint density at radius 2 is 1.17 bits per heavy atom. The van der Waals surface area contributed by atoms with Crippen molar-refractivity contribution in [1.82, 2.24) is 29.8 Å². The van der Waals surface area contributed by atoms with Gasteiger partial charge in [0.15, 0.2) is 0 Å². The van der Waals surface area contributed by atoms with Gasteiger partial charge in [-0.05, 0) is 90.5 Å². The molecule has 5 amide bonds. The number of urea groups is 2. The van der Waals surface area contributed by atoms with Gasteiger partial charge in [-0.1, -0.05) is 60.1 Å².